The number of halogens is 1. The zero-order valence-electron chi connectivity index (χ0n) is 15.1. The van der Waals surface area contributed by atoms with Crippen molar-refractivity contribution in [3.05, 3.63) is 75.3 Å². The quantitative estimate of drug-likeness (QED) is 0.407. The largest absolute Gasteiger partial charge is 0.489 e. The van der Waals surface area contributed by atoms with Gasteiger partial charge in [0, 0.05) is 11.4 Å². The zero-order chi connectivity index (χ0) is 19.1. The van der Waals surface area contributed by atoms with E-state index in [1.807, 2.05) is 48.5 Å². The Balaban J connectivity index is 1.68. The first-order chi connectivity index (χ1) is 13.2. The average molecular weight is 401 g/mol. The van der Waals surface area contributed by atoms with Crippen molar-refractivity contribution in [2.45, 2.75) is 32.8 Å². The van der Waals surface area contributed by atoms with E-state index in [1.165, 1.54) is 0 Å². The second kappa shape index (κ2) is 9.48. The second-order valence-corrected chi connectivity index (χ2v) is 6.92. The molecule has 1 heterocycles. The number of hydrogen-bond donors (Lipinski definition) is 1. The standard InChI is InChI=1S/C20H21ClN4OS/c1-2-3-7-19-23-24-20(27)25(19)22-13-16-5-4-6-18(12-16)26-14-15-8-10-17(21)11-9-15/h4-6,8-13H,2-3,7,14H2,1H3,(H,24,27)/b22-13+. The third kappa shape index (κ3) is 5.52. The van der Waals surface area contributed by atoms with Gasteiger partial charge in [-0.05, 0) is 54.0 Å². The maximum atomic E-state index is 5.91. The van der Waals surface area contributed by atoms with E-state index < -0.39 is 0 Å². The Morgan fingerprint density at radius 2 is 2.07 bits per heavy atom. The molecule has 1 aromatic heterocycles. The molecule has 0 amide bonds. The van der Waals surface area contributed by atoms with Crippen LogP contribution in [0.4, 0.5) is 0 Å². The van der Waals surface area contributed by atoms with E-state index in [1.54, 1.807) is 10.9 Å². The van der Waals surface area contributed by atoms with E-state index in [0.717, 1.165) is 42.0 Å². The first kappa shape index (κ1) is 19.3. The van der Waals surface area contributed by atoms with Gasteiger partial charge in [0.05, 0.1) is 6.21 Å². The van der Waals surface area contributed by atoms with Crippen LogP contribution in [0.25, 0.3) is 0 Å². The van der Waals surface area contributed by atoms with E-state index in [0.29, 0.717) is 16.4 Å². The summed E-state index contributed by atoms with van der Waals surface area (Å²) in [6, 6.07) is 15.4. The van der Waals surface area contributed by atoms with Gasteiger partial charge in [0.1, 0.15) is 12.4 Å². The number of nitrogens with zero attached hydrogens (tertiary/aromatic N) is 3. The van der Waals surface area contributed by atoms with Crippen LogP contribution in [0.1, 0.15) is 36.7 Å². The minimum atomic E-state index is 0.478. The average Bonchev–Trinajstić information content (AvgIpc) is 3.04. The molecule has 0 aliphatic heterocycles. The predicted octanol–water partition coefficient (Wildman–Crippen LogP) is 5.40. The summed E-state index contributed by atoms with van der Waals surface area (Å²) >= 11 is 11.2. The lowest BCUT2D eigenvalue weighted by molar-refractivity contribution is 0.306. The molecule has 1 N–H and O–H groups in total. The van der Waals surface area contributed by atoms with E-state index in [9.17, 15) is 0 Å². The number of H-pyrrole nitrogens is 1. The molecule has 140 valence electrons. The third-order valence-corrected chi connectivity index (χ3v) is 4.49. The summed E-state index contributed by atoms with van der Waals surface area (Å²) in [6.45, 7) is 2.62. The summed E-state index contributed by atoms with van der Waals surface area (Å²) in [5, 5.41) is 12.3. The van der Waals surface area contributed by atoms with Crippen LogP contribution in [-0.4, -0.2) is 21.1 Å². The van der Waals surface area contributed by atoms with Crippen LogP contribution in [0.3, 0.4) is 0 Å². The lowest BCUT2D eigenvalue weighted by atomic mass is 10.2. The number of ether oxygens (including phenoxy) is 1. The summed E-state index contributed by atoms with van der Waals surface area (Å²) in [4.78, 5) is 0. The molecule has 0 radical (unpaired) electrons. The highest BCUT2D eigenvalue weighted by molar-refractivity contribution is 7.71. The Labute approximate surface area is 168 Å². The topological polar surface area (TPSA) is 55.2 Å². The summed E-state index contributed by atoms with van der Waals surface area (Å²) in [5.74, 6) is 1.61. The molecule has 5 nitrogen and oxygen atoms in total. The molecule has 0 bridgehead atoms. The molecule has 0 atom stereocenters. The molecule has 0 saturated heterocycles. The number of aromatic nitrogens is 3. The Bertz CT molecular complexity index is 963. The smallest absolute Gasteiger partial charge is 0.216 e. The van der Waals surface area contributed by atoms with Gasteiger partial charge in [-0.25, -0.2) is 0 Å². The number of rotatable bonds is 8. The van der Waals surface area contributed by atoms with E-state index >= 15 is 0 Å². The van der Waals surface area contributed by atoms with Crippen LogP contribution in [0.5, 0.6) is 5.75 Å². The highest BCUT2D eigenvalue weighted by Gasteiger charge is 2.04. The van der Waals surface area contributed by atoms with Gasteiger partial charge < -0.3 is 4.74 Å². The fourth-order valence-electron chi connectivity index (χ4n) is 2.50. The van der Waals surface area contributed by atoms with Crippen molar-refractivity contribution in [3.8, 4) is 5.75 Å². The fraction of sp³-hybridized carbons (Fsp3) is 0.250. The van der Waals surface area contributed by atoms with Gasteiger partial charge in [0.25, 0.3) is 0 Å². The van der Waals surface area contributed by atoms with Crippen LogP contribution >= 0.6 is 23.8 Å². The van der Waals surface area contributed by atoms with Crippen molar-refractivity contribution in [3.63, 3.8) is 0 Å². The molecule has 0 aliphatic carbocycles. The maximum absolute atomic E-state index is 5.91. The second-order valence-electron chi connectivity index (χ2n) is 6.09. The Hall–Kier alpha value is -2.44. The van der Waals surface area contributed by atoms with Crippen LogP contribution in [-0.2, 0) is 13.0 Å². The number of aromatic amines is 1. The lowest BCUT2D eigenvalue weighted by Crippen LogP contribution is -1.99. The molecule has 0 fully saturated rings. The molecule has 0 saturated carbocycles. The number of aryl methyl sites for hydroxylation is 1. The minimum Gasteiger partial charge on any atom is -0.489 e. The number of benzene rings is 2. The maximum Gasteiger partial charge on any atom is 0.216 e. The van der Waals surface area contributed by atoms with Crippen molar-refractivity contribution < 1.29 is 4.74 Å². The van der Waals surface area contributed by atoms with E-state index in [2.05, 4.69) is 22.2 Å². The van der Waals surface area contributed by atoms with E-state index in [-0.39, 0.29) is 0 Å². The van der Waals surface area contributed by atoms with Crippen LogP contribution < -0.4 is 4.74 Å². The van der Waals surface area contributed by atoms with Gasteiger partial charge in [-0.2, -0.15) is 14.9 Å². The van der Waals surface area contributed by atoms with Gasteiger partial charge in [0.15, 0.2) is 5.82 Å². The molecular weight excluding hydrogens is 380 g/mol. The first-order valence-corrected chi connectivity index (χ1v) is 9.62. The summed E-state index contributed by atoms with van der Waals surface area (Å²) in [5.41, 5.74) is 1.98. The highest BCUT2D eigenvalue weighted by atomic mass is 35.5. The molecule has 2 aromatic carbocycles. The Kier molecular flexibility index (Phi) is 6.79. The summed E-state index contributed by atoms with van der Waals surface area (Å²) in [6.07, 6.45) is 4.74. The first-order valence-electron chi connectivity index (χ1n) is 8.83. The fourth-order valence-corrected chi connectivity index (χ4v) is 2.82. The number of hydrogen-bond acceptors (Lipinski definition) is 4. The normalized spacial score (nSPS) is 11.2. The van der Waals surface area contributed by atoms with Crippen molar-refractivity contribution in [1.29, 1.82) is 0 Å². The summed E-state index contributed by atoms with van der Waals surface area (Å²) in [7, 11) is 0. The van der Waals surface area contributed by atoms with Crippen LogP contribution in [0, 0.1) is 4.77 Å². The zero-order valence-corrected chi connectivity index (χ0v) is 16.6. The summed E-state index contributed by atoms with van der Waals surface area (Å²) < 4.78 is 8.03. The van der Waals surface area contributed by atoms with Crippen LogP contribution in [0.2, 0.25) is 5.02 Å². The van der Waals surface area contributed by atoms with Gasteiger partial charge in [-0.3, -0.25) is 5.10 Å². The molecule has 0 aliphatic rings. The van der Waals surface area contributed by atoms with Crippen LogP contribution in [0.15, 0.2) is 53.6 Å². The molecular formula is C20H21ClN4OS. The van der Waals surface area contributed by atoms with Gasteiger partial charge in [-0.1, -0.05) is 49.2 Å². The minimum absolute atomic E-state index is 0.478. The molecule has 7 heteroatoms. The molecule has 3 aromatic rings. The van der Waals surface area contributed by atoms with Crippen molar-refractivity contribution in [1.82, 2.24) is 14.9 Å². The molecule has 3 rings (SSSR count). The Morgan fingerprint density at radius 1 is 1.26 bits per heavy atom. The Morgan fingerprint density at radius 3 is 2.85 bits per heavy atom. The monoisotopic (exact) mass is 400 g/mol. The third-order valence-electron chi connectivity index (χ3n) is 3.97. The molecule has 0 spiro atoms. The lowest BCUT2D eigenvalue weighted by Gasteiger charge is -2.07. The van der Waals surface area contributed by atoms with Crippen molar-refractivity contribution >= 4 is 30.0 Å². The van der Waals surface area contributed by atoms with Crippen molar-refractivity contribution in [2.75, 3.05) is 0 Å². The van der Waals surface area contributed by atoms with Gasteiger partial charge in [0.2, 0.25) is 4.77 Å². The molecule has 27 heavy (non-hydrogen) atoms. The van der Waals surface area contributed by atoms with Gasteiger partial charge in [-0.15, -0.1) is 0 Å². The molecule has 0 unspecified atom stereocenters. The van der Waals surface area contributed by atoms with E-state index in [4.69, 9.17) is 28.6 Å². The predicted molar refractivity (Wildman–Crippen MR) is 111 cm³/mol. The highest BCUT2D eigenvalue weighted by Crippen LogP contribution is 2.16. The number of nitrogens with one attached hydrogen (secondary N) is 1. The van der Waals surface area contributed by atoms with Gasteiger partial charge >= 0.3 is 0 Å². The number of unbranched alkanes of at least 4 members (excludes halogenated alkanes) is 1. The van der Waals surface area contributed by atoms with Crippen molar-refractivity contribution in [2.24, 2.45) is 5.10 Å². The SMILES string of the molecule is CCCCc1n[nH]c(=S)n1/N=C/c1cccc(OCc2ccc(Cl)cc2)c1.